The van der Waals surface area contributed by atoms with Crippen molar-refractivity contribution in [1.82, 2.24) is 15.0 Å². The van der Waals surface area contributed by atoms with E-state index in [9.17, 15) is 13.2 Å². The molecule has 34 heavy (non-hydrogen) atoms. The maximum atomic E-state index is 13.5. The van der Waals surface area contributed by atoms with Crippen molar-refractivity contribution in [3.8, 4) is 11.4 Å². The van der Waals surface area contributed by atoms with Crippen LogP contribution in [0.25, 0.3) is 22.4 Å². The van der Waals surface area contributed by atoms with Gasteiger partial charge in [0.1, 0.15) is 18.0 Å². The van der Waals surface area contributed by atoms with Crippen LogP contribution in [-0.4, -0.2) is 22.1 Å². The summed E-state index contributed by atoms with van der Waals surface area (Å²) in [5.41, 5.74) is 1.14. The molecule has 9 heteroatoms. The molecule has 0 aliphatic carbocycles. The van der Waals surface area contributed by atoms with E-state index in [1.807, 2.05) is 12.1 Å². The lowest BCUT2D eigenvalue weighted by atomic mass is 9.99. The second-order valence-corrected chi connectivity index (χ2v) is 7.88. The van der Waals surface area contributed by atoms with Crippen molar-refractivity contribution in [3.05, 3.63) is 71.7 Å². The monoisotopic (exact) mass is 466 g/mol. The largest absolute Gasteiger partial charge is 0.424 e. The van der Waals surface area contributed by atoms with E-state index >= 15 is 0 Å². The second kappa shape index (κ2) is 9.61. The minimum Gasteiger partial charge on any atom is -0.377 e. The summed E-state index contributed by atoms with van der Waals surface area (Å²) in [4.78, 5) is 17.1. The third-order valence-electron chi connectivity index (χ3n) is 5.54. The van der Waals surface area contributed by atoms with Gasteiger partial charge < -0.3 is 10.1 Å². The number of ether oxygens (including phenoxy) is 1. The maximum Gasteiger partial charge on any atom is 0.424 e. The number of halogens is 3. The highest BCUT2D eigenvalue weighted by atomic mass is 19.4. The Morgan fingerprint density at radius 3 is 2.50 bits per heavy atom. The summed E-state index contributed by atoms with van der Waals surface area (Å²) in [6.07, 6.45) is -1.07. The fourth-order valence-corrected chi connectivity index (χ4v) is 3.53. The van der Waals surface area contributed by atoms with E-state index in [1.165, 1.54) is 18.7 Å². The number of fused-ring (bicyclic) bond motifs is 1. The predicted octanol–water partition coefficient (Wildman–Crippen LogP) is 5.51. The second-order valence-electron chi connectivity index (χ2n) is 7.88. The van der Waals surface area contributed by atoms with E-state index in [0.29, 0.717) is 22.9 Å². The Balaban J connectivity index is 1.77. The van der Waals surface area contributed by atoms with E-state index < -0.39 is 11.7 Å². The first-order chi connectivity index (χ1) is 16.3. The van der Waals surface area contributed by atoms with Gasteiger partial charge in [0.2, 0.25) is 0 Å². The van der Waals surface area contributed by atoms with Gasteiger partial charge in [-0.1, -0.05) is 26.0 Å². The van der Waals surface area contributed by atoms with Gasteiger partial charge >= 0.3 is 18.1 Å². The fraction of sp³-hybridized carbons (Fsp3) is 0.280. The number of anilines is 2. The van der Waals surface area contributed by atoms with Crippen LogP contribution in [0.3, 0.4) is 0 Å². The van der Waals surface area contributed by atoms with Crippen molar-refractivity contribution in [2.24, 2.45) is 0 Å². The highest BCUT2D eigenvalue weighted by Gasteiger charge is 2.39. The van der Waals surface area contributed by atoms with Crippen LogP contribution in [0, 0.1) is 6.20 Å². The van der Waals surface area contributed by atoms with Crippen LogP contribution in [0.1, 0.15) is 43.1 Å². The third-order valence-corrected chi connectivity index (χ3v) is 5.54. The molecule has 3 heterocycles. The average molecular weight is 466 g/mol. The SMILES string of the molecule is CCC(C)c1ccc(Nc2nc(COC)nc3nc(-c4[n+]#cccc4C(F)(F)F)ccc23)cc1. The quantitative estimate of drug-likeness (QED) is 0.387. The van der Waals surface area contributed by atoms with E-state index in [4.69, 9.17) is 4.74 Å². The van der Waals surface area contributed by atoms with Crippen molar-refractivity contribution >= 4 is 22.5 Å². The van der Waals surface area contributed by atoms with Gasteiger partial charge in [-0.05, 0) is 53.2 Å². The number of benzene rings is 1. The Morgan fingerprint density at radius 2 is 1.82 bits per heavy atom. The molecule has 0 saturated heterocycles. The first-order valence-corrected chi connectivity index (χ1v) is 10.8. The fourth-order valence-electron chi connectivity index (χ4n) is 3.53. The van der Waals surface area contributed by atoms with Gasteiger partial charge in [-0.25, -0.2) is 15.0 Å². The van der Waals surface area contributed by atoms with Gasteiger partial charge in [-0.3, -0.25) is 0 Å². The number of nitrogens with zero attached hydrogens (tertiary/aromatic N) is 4. The topological polar surface area (TPSA) is 74.0 Å². The first-order valence-electron chi connectivity index (χ1n) is 10.8. The molecule has 174 valence electrons. The Kier molecular flexibility index (Phi) is 6.61. The van der Waals surface area contributed by atoms with E-state index in [-0.39, 0.29) is 23.6 Å². The lowest BCUT2D eigenvalue weighted by molar-refractivity contribution is -0.285. The molecule has 0 aliphatic rings. The van der Waals surface area contributed by atoms with Crippen LogP contribution in [0.15, 0.2) is 48.5 Å². The van der Waals surface area contributed by atoms with Crippen molar-refractivity contribution < 1.29 is 22.9 Å². The van der Waals surface area contributed by atoms with E-state index in [1.54, 1.807) is 6.07 Å². The number of aromatic nitrogens is 4. The summed E-state index contributed by atoms with van der Waals surface area (Å²) in [7, 11) is 1.51. The third kappa shape index (κ3) is 4.92. The average Bonchev–Trinajstić information content (AvgIpc) is 2.83. The lowest BCUT2D eigenvalue weighted by Gasteiger charge is -2.13. The lowest BCUT2D eigenvalue weighted by Crippen LogP contribution is -2.13. The van der Waals surface area contributed by atoms with Gasteiger partial charge in [-0.15, -0.1) is 0 Å². The molecule has 0 spiro atoms. The summed E-state index contributed by atoms with van der Waals surface area (Å²) in [6, 6.07) is 13.2. The van der Waals surface area contributed by atoms with Crippen LogP contribution in [-0.2, 0) is 17.5 Å². The zero-order valence-electron chi connectivity index (χ0n) is 18.9. The molecule has 4 rings (SSSR count). The van der Waals surface area contributed by atoms with E-state index in [2.05, 4.69) is 57.4 Å². The molecule has 1 N–H and O–H groups in total. The summed E-state index contributed by atoms with van der Waals surface area (Å²) >= 11 is 0. The predicted molar refractivity (Wildman–Crippen MR) is 121 cm³/mol. The summed E-state index contributed by atoms with van der Waals surface area (Å²) in [5.74, 6) is 1.29. The summed E-state index contributed by atoms with van der Waals surface area (Å²) in [6.45, 7) is 4.43. The van der Waals surface area contributed by atoms with Gasteiger partial charge in [0.25, 0.3) is 0 Å². The first kappa shape index (κ1) is 23.4. The number of methoxy groups -OCH3 is 1. The number of pyridine rings is 1. The zero-order chi connectivity index (χ0) is 24.3. The maximum absolute atomic E-state index is 13.5. The Morgan fingerprint density at radius 1 is 1.06 bits per heavy atom. The summed E-state index contributed by atoms with van der Waals surface area (Å²) < 4.78 is 45.6. The van der Waals surface area contributed by atoms with Crippen LogP contribution >= 0.6 is 0 Å². The molecule has 3 aromatic heterocycles. The number of rotatable bonds is 7. The molecule has 4 aromatic rings. The molecule has 1 aromatic carbocycles. The van der Waals surface area contributed by atoms with Gasteiger partial charge in [-0.2, -0.15) is 13.2 Å². The normalized spacial score (nSPS) is 12.4. The minimum absolute atomic E-state index is 0.0441. The molecule has 0 bridgehead atoms. The highest BCUT2D eigenvalue weighted by molar-refractivity contribution is 5.89. The Hall–Kier alpha value is -3.77. The van der Waals surface area contributed by atoms with Crippen molar-refractivity contribution in [2.45, 2.75) is 39.0 Å². The zero-order valence-corrected chi connectivity index (χ0v) is 18.9. The molecule has 0 aliphatic heterocycles. The number of nitrogens with one attached hydrogen (secondary N) is 1. The summed E-state index contributed by atoms with van der Waals surface area (Å²) in [5, 5.41) is 3.83. The van der Waals surface area contributed by atoms with Crippen LogP contribution in [0.2, 0.25) is 0 Å². The van der Waals surface area contributed by atoms with Gasteiger partial charge in [0.15, 0.2) is 17.2 Å². The van der Waals surface area contributed by atoms with Crippen LogP contribution in [0.5, 0.6) is 0 Å². The molecule has 0 radical (unpaired) electrons. The molecule has 0 saturated carbocycles. The van der Waals surface area contributed by atoms with Gasteiger partial charge in [0, 0.05) is 12.8 Å². The molecular weight excluding hydrogens is 443 g/mol. The smallest absolute Gasteiger partial charge is 0.377 e. The highest BCUT2D eigenvalue weighted by Crippen LogP contribution is 2.34. The molecule has 6 nitrogen and oxygen atoms in total. The minimum atomic E-state index is -4.57. The van der Waals surface area contributed by atoms with Gasteiger partial charge in [0.05, 0.1) is 11.5 Å². The van der Waals surface area contributed by atoms with Crippen molar-refractivity contribution in [2.75, 3.05) is 12.4 Å². The Bertz CT molecular complexity index is 1290. The molecule has 0 amide bonds. The van der Waals surface area contributed by atoms with Crippen molar-refractivity contribution in [1.29, 1.82) is 0 Å². The molecular formula is C25H23F3N5O+. The Labute approximate surface area is 195 Å². The van der Waals surface area contributed by atoms with Crippen molar-refractivity contribution in [3.63, 3.8) is 0 Å². The van der Waals surface area contributed by atoms with Crippen LogP contribution in [0.4, 0.5) is 24.7 Å². The molecule has 1 unspecified atom stereocenters. The number of hydrogen-bond acceptors (Lipinski definition) is 5. The molecule has 1 atom stereocenters. The van der Waals surface area contributed by atoms with Crippen LogP contribution < -0.4 is 10.3 Å². The standard InChI is InChI=1S/C25H23F3N5O/c1-4-15(2)16-7-9-17(10-8-16)30-23-18-11-12-20(31-24(18)33-21(32-23)14-34-3)22-19(25(26,27)28)6-5-13-29-22/h5-12,15H,4,14H2,1-3H3,(H,30,31,32,33)/q+1. The van der Waals surface area contributed by atoms with E-state index in [0.717, 1.165) is 24.2 Å². The molecule has 0 fully saturated rings. The number of hydrogen-bond donors (Lipinski definition) is 1. The number of alkyl halides is 3.